The molecule has 2 aliphatic heterocycles. The number of amides is 1. The van der Waals surface area contributed by atoms with E-state index >= 15 is 0 Å². The second-order valence-corrected chi connectivity index (χ2v) is 12.7. The molecular weight excluding hydrogens is 696 g/mol. The predicted octanol–water partition coefficient (Wildman–Crippen LogP) is 4.41. The monoisotopic (exact) mass is 742 g/mol. The summed E-state index contributed by atoms with van der Waals surface area (Å²) in [5.41, 5.74) is 3.04. The van der Waals surface area contributed by atoms with E-state index in [0.717, 1.165) is 42.1 Å². The van der Waals surface area contributed by atoms with Crippen LogP contribution >= 0.6 is 11.6 Å². The van der Waals surface area contributed by atoms with Crippen LogP contribution in [0.4, 0.5) is 5.69 Å². The molecule has 0 spiro atoms. The number of nitrogens with one attached hydrogen (secondary N) is 2. The van der Waals surface area contributed by atoms with E-state index in [1.807, 2.05) is 54.6 Å². The minimum atomic E-state index is -0.898. The van der Waals surface area contributed by atoms with E-state index in [-0.39, 0.29) is 31.8 Å². The van der Waals surface area contributed by atoms with E-state index in [9.17, 15) is 14.9 Å². The predicted molar refractivity (Wildman–Crippen MR) is 194 cm³/mol. The fourth-order valence-electron chi connectivity index (χ4n) is 6.18. The molecule has 1 saturated heterocycles. The summed E-state index contributed by atoms with van der Waals surface area (Å²) < 4.78 is 35.7. The van der Waals surface area contributed by atoms with Crippen molar-refractivity contribution in [3.05, 3.63) is 93.0 Å². The lowest BCUT2D eigenvalue weighted by molar-refractivity contribution is -0.757. The Kier molecular flexibility index (Phi) is 15.4. The number of hydrogen-bond donors (Lipinski definition) is 2. The number of carbonyl (C=O) groups is 1. The molecule has 3 aromatic carbocycles. The van der Waals surface area contributed by atoms with Crippen LogP contribution in [-0.4, -0.2) is 103 Å². The quantitative estimate of drug-likeness (QED) is 0.0904. The van der Waals surface area contributed by atoms with Gasteiger partial charge in [0.1, 0.15) is 37.1 Å². The number of nitrogens with zero attached hydrogens (tertiary/aromatic N) is 2. The summed E-state index contributed by atoms with van der Waals surface area (Å²) in [4.78, 5) is 29.5. The van der Waals surface area contributed by atoms with Crippen molar-refractivity contribution in [3.8, 4) is 17.2 Å². The molecule has 0 radical (unpaired) electrons. The molecule has 14 nitrogen and oxygen atoms in total. The summed E-state index contributed by atoms with van der Waals surface area (Å²) in [6.45, 7) is 4.90. The van der Waals surface area contributed by atoms with Gasteiger partial charge in [-0.1, -0.05) is 41.9 Å². The molecule has 3 atom stereocenters. The van der Waals surface area contributed by atoms with Crippen molar-refractivity contribution in [1.82, 2.24) is 10.6 Å². The minimum absolute atomic E-state index is 0.00945. The Bertz CT molecular complexity index is 1570. The van der Waals surface area contributed by atoms with Gasteiger partial charge in [-0.25, -0.2) is 0 Å². The van der Waals surface area contributed by atoms with Crippen LogP contribution in [0.1, 0.15) is 29.9 Å². The van der Waals surface area contributed by atoms with Crippen LogP contribution in [0.3, 0.4) is 0 Å². The molecule has 1 fully saturated rings. The molecule has 5 rings (SSSR count). The first-order valence-corrected chi connectivity index (χ1v) is 17.9. The maximum atomic E-state index is 12.5. The number of benzene rings is 3. The largest absolute Gasteiger partial charge is 0.493 e. The lowest BCUT2D eigenvalue weighted by Gasteiger charge is -2.39. The van der Waals surface area contributed by atoms with Crippen LogP contribution < -0.4 is 29.7 Å². The van der Waals surface area contributed by atoms with E-state index in [1.54, 1.807) is 13.2 Å². The molecule has 0 saturated carbocycles. The molecule has 3 aromatic rings. The number of para-hydroxylation sites is 1. The first-order chi connectivity index (χ1) is 25.4. The molecule has 0 unspecified atom stereocenters. The third-order valence-corrected chi connectivity index (χ3v) is 8.99. The number of rotatable bonds is 21. The third-order valence-electron chi connectivity index (χ3n) is 8.68. The van der Waals surface area contributed by atoms with Gasteiger partial charge in [0.25, 0.3) is 5.09 Å². The van der Waals surface area contributed by atoms with Gasteiger partial charge in [-0.15, -0.1) is 10.1 Å². The number of ether oxygens (including phenoxy) is 6. The average molecular weight is 743 g/mol. The molecule has 0 bridgehead atoms. The van der Waals surface area contributed by atoms with Crippen molar-refractivity contribution in [1.29, 1.82) is 0 Å². The lowest BCUT2D eigenvalue weighted by Crippen LogP contribution is -2.51. The standard InChI is InChI=1S/C37H47ClN4O10/c1-46-17-4-15-41-16-21-49-33-13-8-27(22-31(33)41)25-50-34-23-39-24-35(51-26-36(43)40-14-20-52-42(44)45)37(34)28-9-11-29(12-10-28)47-18-5-19-48-32-7-3-2-6-30(32)38/h2-3,6-13,22,34-35,37,39H,4-5,14-21,23-26H2,1H3,(H,40,43)/t34-,35+,37+/m0/s1. The Morgan fingerprint density at radius 3 is 2.58 bits per heavy atom. The van der Waals surface area contributed by atoms with Gasteiger partial charge in [0.05, 0.1) is 49.3 Å². The molecule has 282 valence electrons. The molecular formula is C37H47ClN4O10. The van der Waals surface area contributed by atoms with Crippen LogP contribution in [0.5, 0.6) is 17.2 Å². The van der Waals surface area contributed by atoms with Gasteiger partial charge in [-0.2, -0.15) is 0 Å². The fourth-order valence-corrected chi connectivity index (χ4v) is 6.37. The van der Waals surface area contributed by atoms with Crippen molar-refractivity contribution in [3.63, 3.8) is 0 Å². The third kappa shape index (κ3) is 11.9. The van der Waals surface area contributed by atoms with Crippen LogP contribution in [0.15, 0.2) is 66.7 Å². The topological polar surface area (TPSA) is 152 Å². The van der Waals surface area contributed by atoms with Gasteiger partial charge in [0.2, 0.25) is 5.91 Å². The smallest absolute Gasteiger partial charge is 0.294 e. The number of piperidine rings is 1. The van der Waals surface area contributed by atoms with Crippen molar-refractivity contribution < 1.29 is 43.1 Å². The van der Waals surface area contributed by atoms with Crippen LogP contribution in [0, 0.1) is 10.1 Å². The number of hydrogen-bond acceptors (Lipinski definition) is 12. The molecule has 1 amide bonds. The van der Waals surface area contributed by atoms with Crippen molar-refractivity contribution in [2.24, 2.45) is 0 Å². The maximum Gasteiger partial charge on any atom is 0.294 e. The SMILES string of the molecule is COCCCN1CCOc2ccc(CO[C@H]3CNC[C@@H](OCC(=O)NCCO[N+](=O)[O-])[C@@H]3c3ccc(OCCCOc4ccccc4Cl)cc3)cc21. The van der Waals surface area contributed by atoms with Gasteiger partial charge in [-0.3, -0.25) is 4.79 Å². The first kappa shape index (κ1) is 38.9. The van der Waals surface area contributed by atoms with Gasteiger partial charge >= 0.3 is 0 Å². The van der Waals surface area contributed by atoms with Crippen LogP contribution in [0.2, 0.25) is 5.02 Å². The second-order valence-electron chi connectivity index (χ2n) is 12.3. The highest BCUT2D eigenvalue weighted by atomic mass is 35.5. The molecule has 52 heavy (non-hydrogen) atoms. The van der Waals surface area contributed by atoms with Crippen molar-refractivity contribution in [2.45, 2.75) is 37.6 Å². The number of anilines is 1. The van der Waals surface area contributed by atoms with Crippen LogP contribution in [-0.2, 0) is 30.4 Å². The Labute approximate surface area is 308 Å². The Morgan fingerprint density at radius 2 is 1.79 bits per heavy atom. The van der Waals surface area contributed by atoms with E-state index in [2.05, 4.69) is 26.4 Å². The zero-order valence-corrected chi connectivity index (χ0v) is 30.1. The number of carbonyl (C=O) groups excluding carboxylic acids is 1. The number of methoxy groups -OCH3 is 1. The number of fused-ring (bicyclic) bond motifs is 1. The Balaban J connectivity index is 1.22. The highest BCUT2D eigenvalue weighted by molar-refractivity contribution is 6.32. The van der Waals surface area contributed by atoms with Gasteiger partial charge in [0, 0.05) is 52.2 Å². The normalized spacial score (nSPS) is 18.2. The molecule has 15 heteroatoms. The first-order valence-electron chi connectivity index (χ1n) is 17.5. The summed E-state index contributed by atoms with van der Waals surface area (Å²) in [7, 11) is 1.71. The highest BCUT2D eigenvalue weighted by Crippen LogP contribution is 2.35. The summed E-state index contributed by atoms with van der Waals surface area (Å²) in [5.74, 6) is 1.61. The van der Waals surface area contributed by atoms with E-state index in [0.29, 0.717) is 69.1 Å². The van der Waals surface area contributed by atoms with Gasteiger partial charge in [-0.05, 0) is 53.9 Å². The Morgan fingerprint density at radius 1 is 1.00 bits per heavy atom. The minimum Gasteiger partial charge on any atom is -0.493 e. The van der Waals surface area contributed by atoms with Gasteiger partial charge in [0.15, 0.2) is 0 Å². The van der Waals surface area contributed by atoms with E-state index in [1.165, 1.54) is 0 Å². The van der Waals surface area contributed by atoms with E-state index < -0.39 is 17.1 Å². The molecule has 2 heterocycles. The average Bonchev–Trinajstić information content (AvgIpc) is 3.16. The Hall–Kier alpha value is -4.34. The summed E-state index contributed by atoms with van der Waals surface area (Å²) >= 11 is 6.17. The van der Waals surface area contributed by atoms with Crippen LogP contribution in [0.25, 0.3) is 0 Å². The molecule has 0 aromatic heterocycles. The second kappa shape index (κ2) is 20.6. The molecule has 2 N–H and O–H groups in total. The zero-order valence-electron chi connectivity index (χ0n) is 29.3. The summed E-state index contributed by atoms with van der Waals surface area (Å²) in [6, 6.07) is 21.3. The molecule has 2 aliphatic rings. The van der Waals surface area contributed by atoms with Crippen molar-refractivity contribution in [2.75, 3.05) is 84.4 Å². The van der Waals surface area contributed by atoms with E-state index in [4.69, 9.17) is 40.0 Å². The molecule has 0 aliphatic carbocycles. The summed E-state index contributed by atoms with van der Waals surface area (Å²) in [6.07, 6.45) is 0.906. The fraction of sp³-hybridized carbons (Fsp3) is 0.486. The maximum absolute atomic E-state index is 12.5. The number of halogens is 1. The summed E-state index contributed by atoms with van der Waals surface area (Å²) in [5, 5.41) is 16.1. The van der Waals surface area contributed by atoms with Gasteiger partial charge < -0.3 is 48.8 Å². The zero-order chi connectivity index (χ0) is 36.5. The lowest BCUT2D eigenvalue weighted by atomic mass is 9.85. The van der Waals surface area contributed by atoms with Crippen molar-refractivity contribution >= 4 is 23.2 Å². The highest BCUT2D eigenvalue weighted by Gasteiger charge is 2.36.